The van der Waals surface area contributed by atoms with Crippen LogP contribution < -0.4 is 0 Å². The molecule has 0 spiro atoms. The van der Waals surface area contributed by atoms with E-state index in [1.165, 1.54) is 19.1 Å². The molecule has 0 fully saturated rings. The fourth-order valence-corrected chi connectivity index (χ4v) is 1.55. The summed E-state index contributed by atoms with van der Waals surface area (Å²) in [5.74, 6) is -0.358. The molecule has 0 amide bonds. The second-order valence-corrected chi connectivity index (χ2v) is 4.54. The molecular weight excluding hydrogens is 257 g/mol. The molecule has 0 saturated carbocycles. The molecule has 0 aromatic heterocycles. The first-order valence-corrected chi connectivity index (χ1v) is 5.91. The SMILES string of the molecule is C/C=C(\OS(=O)(=O)C(F)(F)F)c1ccccc1. The van der Waals surface area contributed by atoms with Crippen molar-refractivity contribution in [1.29, 1.82) is 0 Å². The van der Waals surface area contributed by atoms with E-state index in [-0.39, 0.29) is 11.3 Å². The van der Waals surface area contributed by atoms with Gasteiger partial charge in [0, 0.05) is 5.56 Å². The number of halogens is 3. The quantitative estimate of drug-likeness (QED) is 0.480. The van der Waals surface area contributed by atoms with Crippen molar-refractivity contribution < 1.29 is 25.8 Å². The number of alkyl halides is 3. The number of rotatable bonds is 3. The van der Waals surface area contributed by atoms with Crippen LogP contribution in [-0.4, -0.2) is 13.9 Å². The van der Waals surface area contributed by atoms with Crippen LogP contribution in [0.1, 0.15) is 12.5 Å². The first-order valence-electron chi connectivity index (χ1n) is 4.50. The van der Waals surface area contributed by atoms with Crippen molar-refractivity contribution in [2.75, 3.05) is 0 Å². The lowest BCUT2D eigenvalue weighted by Crippen LogP contribution is -2.25. The van der Waals surface area contributed by atoms with Crippen LogP contribution in [0.2, 0.25) is 0 Å². The highest BCUT2D eigenvalue weighted by Crippen LogP contribution is 2.29. The Kier molecular flexibility index (Phi) is 3.82. The summed E-state index contributed by atoms with van der Waals surface area (Å²) in [5.41, 5.74) is -5.18. The second kappa shape index (κ2) is 4.79. The van der Waals surface area contributed by atoms with E-state index in [0.29, 0.717) is 0 Å². The maximum absolute atomic E-state index is 12.1. The normalized spacial score (nSPS) is 13.5. The monoisotopic (exact) mass is 266 g/mol. The van der Waals surface area contributed by atoms with Crippen LogP contribution in [0.4, 0.5) is 13.2 Å². The lowest BCUT2D eigenvalue weighted by molar-refractivity contribution is -0.0509. The average Bonchev–Trinajstić information content (AvgIpc) is 2.25. The van der Waals surface area contributed by atoms with E-state index in [9.17, 15) is 21.6 Å². The molecule has 3 nitrogen and oxygen atoms in total. The van der Waals surface area contributed by atoms with Gasteiger partial charge in [-0.2, -0.15) is 21.6 Å². The van der Waals surface area contributed by atoms with E-state index >= 15 is 0 Å². The standard InChI is InChI=1S/C10H9F3O3S/c1-2-9(8-6-4-3-5-7-8)16-17(14,15)10(11,12)13/h2-7H,1H3/b9-2-. The van der Waals surface area contributed by atoms with Gasteiger partial charge in [0.05, 0.1) is 0 Å². The number of allylic oxidation sites excluding steroid dienone is 1. The van der Waals surface area contributed by atoms with E-state index in [1.807, 2.05) is 0 Å². The van der Waals surface area contributed by atoms with Gasteiger partial charge in [0.1, 0.15) is 5.76 Å². The maximum atomic E-state index is 12.1. The molecular formula is C10H9F3O3S. The molecule has 0 bridgehead atoms. The Morgan fingerprint density at radius 1 is 1.24 bits per heavy atom. The molecule has 1 aromatic rings. The topological polar surface area (TPSA) is 43.4 Å². The minimum atomic E-state index is -5.63. The molecule has 0 aliphatic rings. The summed E-state index contributed by atoms with van der Waals surface area (Å²) in [5, 5.41) is 0. The van der Waals surface area contributed by atoms with Gasteiger partial charge in [0.15, 0.2) is 0 Å². The van der Waals surface area contributed by atoms with Gasteiger partial charge in [0.2, 0.25) is 0 Å². The van der Waals surface area contributed by atoms with Gasteiger partial charge < -0.3 is 4.18 Å². The first kappa shape index (κ1) is 13.6. The number of benzene rings is 1. The van der Waals surface area contributed by atoms with Crippen molar-refractivity contribution >= 4 is 15.9 Å². The Balaban J connectivity index is 3.03. The molecule has 0 atom stereocenters. The second-order valence-electron chi connectivity index (χ2n) is 3.00. The Morgan fingerprint density at radius 2 is 1.76 bits per heavy atom. The molecule has 0 radical (unpaired) electrons. The molecule has 1 aromatic carbocycles. The van der Waals surface area contributed by atoms with Gasteiger partial charge in [-0.25, -0.2) is 0 Å². The molecule has 0 saturated heterocycles. The van der Waals surface area contributed by atoms with Gasteiger partial charge in [-0.3, -0.25) is 0 Å². The van der Waals surface area contributed by atoms with Gasteiger partial charge in [-0.1, -0.05) is 30.3 Å². The molecule has 17 heavy (non-hydrogen) atoms. The lowest BCUT2D eigenvalue weighted by atomic mass is 10.2. The summed E-state index contributed by atoms with van der Waals surface area (Å²) < 4.78 is 62.0. The summed E-state index contributed by atoms with van der Waals surface area (Å²) >= 11 is 0. The summed E-state index contributed by atoms with van der Waals surface area (Å²) in [6.07, 6.45) is 1.15. The highest BCUT2D eigenvalue weighted by molar-refractivity contribution is 7.87. The Bertz CT molecular complexity index is 503. The fraction of sp³-hybridized carbons (Fsp3) is 0.200. The minimum absolute atomic E-state index is 0.253. The van der Waals surface area contributed by atoms with Crippen LogP contribution >= 0.6 is 0 Å². The lowest BCUT2D eigenvalue weighted by Gasteiger charge is -2.12. The van der Waals surface area contributed by atoms with E-state index < -0.39 is 15.6 Å². The maximum Gasteiger partial charge on any atom is 0.534 e. The molecule has 0 aliphatic carbocycles. The van der Waals surface area contributed by atoms with Crippen LogP contribution in [0.15, 0.2) is 36.4 Å². The van der Waals surface area contributed by atoms with Gasteiger partial charge in [-0.05, 0) is 13.0 Å². The molecule has 7 heteroatoms. The summed E-state index contributed by atoms with van der Waals surface area (Å²) in [6, 6.07) is 7.66. The van der Waals surface area contributed by atoms with Gasteiger partial charge in [0.25, 0.3) is 0 Å². The number of hydrogen-bond acceptors (Lipinski definition) is 3. The van der Waals surface area contributed by atoms with Crippen molar-refractivity contribution in [3.05, 3.63) is 42.0 Å². The van der Waals surface area contributed by atoms with Crippen LogP contribution in [0, 0.1) is 0 Å². The zero-order valence-corrected chi connectivity index (χ0v) is 9.55. The Labute approximate surface area is 96.6 Å². The van der Waals surface area contributed by atoms with Crippen LogP contribution in [0.5, 0.6) is 0 Å². The molecule has 1 rings (SSSR count). The van der Waals surface area contributed by atoms with Crippen molar-refractivity contribution in [2.24, 2.45) is 0 Å². The Morgan fingerprint density at radius 3 is 2.18 bits per heavy atom. The third-order valence-corrected chi connectivity index (χ3v) is 2.77. The highest BCUT2D eigenvalue weighted by atomic mass is 32.2. The van der Waals surface area contributed by atoms with Gasteiger partial charge >= 0.3 is 15.6 Å². The van der Waals surface area contributed by atoms with E-state index in [0.717, 1.165) is 6.08 Å². The van der Waals surface area contributed by atoms with E-state index in [2.05, 4.69) is 4.18 Å². The predicted molar refractivity (Wildman–Crippen MR) is 56.2 cm³/mol. The van der Waals surface area contributed by atoms with Crippen LogP contribution in [0.25, 0.3) is 5.76 Å². The zero-order valence-electron chi connectivity index (χ0n) is 8.73. The third kappa shape index (κ3) is 3.23. The van der Waals surface area contributed by atoms with Crippen molar-refractivity contribution in [3.8, 4) is 0 Å². The van der Waals surface area contributed by atoms with Crippen LogP contribution in [-0.2, 0) is 14.3 Å². The van der Waals surface area contributed by atoms with Crippen molar-refractivity contribution in [3.63, 3.8) is 0 Å². The molecule has 0 aliphatic heterocycles. The van der Waals surface area contributed by atoms with E-state index in [4.69, 9.17) is 0 Å². The molecule has 0 heterocycles. The molecule has 0 unspecified atom stereocenters. The Hall–Kier alpha value is -1.50. The largest absolute Gasteiger partial charge is 0.534 e. The minimum Gasteiger partial charge on any atom is -0.376 e. The third-order valence-electron chi connectivity index (χ3n) is 1.80. The highest BCUT2D eigenvalue weighted by Gasteiger charge is 2.48. The van der Waals surface area contributed by atoms with Crippen molar-refractivity contribution in [1.82, 2.24) is 0 Å². The average molecular weight is 266 g/mol. The predicted octanol–water partition coefficient (Wildman–Crippen LogP) is 2.91. The summed E-state index contributed by atoms with van der Waals surface area (Å²) in [4.78, 5) is 0. The van der Waals surface area contributed by atoms with E-state index in [1.54, 1.807) is 18.2 Å². The smallest absolute Gasteiger partial charge is 0.376 e. The summed E-state index contributed by atoms with van der Waals surface area (Å²) in [6.45, 7) is 1.38. The molecule has 94 valence electrons. The van der Waals surface area contributed by atoms with Crippen LogP contribution in [0.3, 0.4) is 0 Å². The molecule has 0 N–H and O–H groups in total. The van der Waals surface area contributed by atoms with Crippen molar-refractivity contribution in [2.45, 2.75) is 12.4 Å². The number of hydrogen-bond donors (Lipinski definition) is 0. The first-order chi connectivity index (χ1) is 7.78. The summed E-state index contributed by atoms with van der Waals surface area (Å²) in [7, 11) is -5.63. The zero-order chi connectivity index (χ0) is 13.1. The van der Waals surface area contributed by atoms with Gasteiger partial charge in [-0.15, -0.1) is 0 Å². The fourth-order valence-electron chi connectivity index (χ4n) is 1.03.